The Morgan fingerprint density at radius 3 is 2.86 bits per heavy atom. The van der Waals surface area contributed by atoms with Crippen LogP contribution in [0, 0.1) is 0 Å². The summed E-state index contributed by atoms with van der Waals surface area (Å²) in [5, 5.41) is 3.44. The smallest absolute Gasteiger partial charge is 0.105 e. The maximum atomic E-state index is 5.43. The normalized spacial score (nSPS) is 27.5. The Bertz CT molecular complexity index is 273. The fourth-order valence-electron chi connectivity index (χ4n) is 1.91. The van der Waals surface area contributed by atoms with E-state index in [0.717, 1.165) is 19.4 Å². The van der Waals surface area contributed by atoms with Crippen molar-refractivity contribution in [2.45, 2.75) is 32.0 Å². The molecule has 0 amide bonds. The Balaban J connectivity index is 1.91. The molecule has 0 bridgehead atoms. The van der Waals surface area contributed by atoms with Crippen LogP contribution in [0.5, 0.6) is 0 Å². The molecule has 0 radical (unpaired) electrons. The maximum absolute atomic E-state index is 5.43. The molecule has 0 spiro atoms. The molecular formula is C12H17NO. The van der Waals surface area contributed by atoms with Crippen molar-refractivity contribution in [1.29, 1.82) is 0 Å². The number of hydrogen-bond acceptors (Lipinski definition) is 2. The summed E-state index contributed by atoms with van der Waals surface area (Å²) in [4.78, 5) is 0. The van der Waals surface area contributed by atoms with Crippen molar-refractivity contribution in [3.63, 3.8) is 0 Å². The van der Waals surface area contributed by atoms with E-state index in [-0.39, 0.29) is 6.23 Å². The van der Waals surface area contributed by atoms with E-state index in [1.807, 2.05) is 0 Å². The molecular weight excluding hydrogens is 174 g/mol. The lowest BCUT2D eigenvalue weighted by Gasteiger charge is -2.29. The Morgan fingerprint density at radius 2 is 2.14 bits per heavy atom. The van der Waals surface area contributed by atoms with Crippen molar-refractivity contribution >= 4 is 0 Å². The molecule has 2 heteroatoms. The van der Waals surface area contributed by atoms with Crippen LogP contribution >= 0.6 is 0 Å². The summed E-state index contributed by atoms with van der Waals surface area (Å²) >= 11 is 0. The van der Waals surface area contributed by atoms with Crippen LogP contribution in [0.3, 0.4) is 0 Å². The first-order valence-electron chi connectivity index (χ1n) is 5.26. The van der Waals surface area contributed by atoms with Gasteiger partial charge in [0.1, 0.15) is 6.23 Å². The van der Waals surface area contributed by atoms with Gasteiger partial charge >= 0.3 is 0 Å². The van der Waals surface area contributed by atoms with Crippen molar-refractivity contribution < 1.29 is 4.74 Å². The predicted octanol–water partition coefficient (Wildman–Crippen LogP) is 1.95. The van der Waals surface area contributed by atoms with E-state index in [0.29, 0.717) is 6.04 Å². The van der Waals surface area contributed by atoms with Gasteiger partial charge in [-0.3, -0.25) is 5.32 Å². The summed E-state index contributed by atoms with van der Waals surface area (Å²) in [6.45, 7) is 2.95. The first-order valence-corrected chi connectivity index (χ1v) is 5.26. The second kappa shape index (κ2) is 4.58. The summed E-state index contributed by atoms with van der Waals surface area (Å²) < 4.78 is 5.43. The summed E-state index contributed by atoms with van der Waals surface area (Å²) in [6, 6.07) is 11.2. The molecule has 1 aromatic carbocycles. The second-order valence-corrected chi connectivity index (χ2v) is 3.86. The third kappa shape index (κ3) is 2.56. The quantitative estimate of drug-likeness (QED) is 0.771. The summed E-state index contributed by atoms with van der Waals surface area (Å²) in [6.07, 6.45) is 2.42. The highest BCUT2D eigenvalue weighted by atomic mass is 16.5. The lowest BCUT2D eigenvalue weighted by molar-refractivity contribution is -0.00600. The fraction of sp³-hybridized carbons (Fsp3) is 0.500. The highest BCUT2D eigenvalue weighted by Crippen LogP contribution is 2.10. The van der Waals surface area contributed by atoms with Gasteiger partial charge < -0.3 is 4.74 Å². The highest BCUT2D eigenvalue weighted by Gasteiger charge is 2.17. The minimum atomic E-state index is 0.206. The van der Waals surface area contributed by atoms with Crippen molar-refractivity contribution in [2.75, 3.05) is 6.61 Å². The molecule has 1 aliphatic heterocycles. The molecule has 1 fully saturated rings. The lowest BCUT2D eigenvalue weighted by atomic mass is 10.0. The zero-order valence-corrected chi connectivity index (χ0v) is 8.57. The highest BCUT2D eigenvalue weighted by molar-refractivity contribution is 5.15. The van der Waals surface area contributed by atoms with E-state index in [9.17, 15) is 0 Å². The molecule has 2 unspecified atom stereocenters. The standard InChI is InChI=1S/C12H17NO/c1-10-13-12(7-8-14-10)9-11-5-3-2-4-6-11/h2-6,10,12-13H,7-9H2,1H3. The summed E-state index contributed by atoms with van der Waals surface area (Å²) in [5.41, 5.74) is 1.40. The van der Waals surface area contributed by atoms with Gasteiger partial charge in [0, 0.05) is 6.04 Å². The van der Waals surface area contributed by atoms with Crippen molar-refractivity contribution in [3.05, 3.63) is 35.9 Å². The fourth-order valence-corrected chi connectivity index (χ4v) is 1.91. The van der Waals surface area contributed by atoms with Crippen LogP contribution in [0.15, 0.2) is 30.3 Å². The van der Waals surface area contributed by atoms with Gasteiger partial charge in [-0.2, -0.15) is 0 Å². The van der Waals surface area contributed by atoms with E-state index in [2.05, 4.69) is 42.6 Å². The van der Waals surface area contributed by atoms with Gasteiger partial charge in [0.05, 0.1) is 6.61 Å². The number of hydrogen-bond donors (Lipinski definition) is 1. The largest absolute Gasteiger partial charge is 0.364 e. The average Bonchev–Trinajstić information content (AvgIpc) is 2.19. The molecule has 0 saturated carbocycles. The maximum Gasteiger partial charge on any atom is 0.105 e. The zero-order valence-electron chi connectivity index (χ0n) is 8.57. The summed E-state index contributed by atoms with van der Waals surface area (Å²) in [5.74, 6) is 0. The molecule has 2 rings (SSSR count). The molecule has 0 aromatic heterocycles. The SMILES string of the molecule is CC1NC(Cc2ccccc2)CCO1. The van der Waals surface area contributed by atoms with Crippen LogP contribution in [-0.4, -0.2) is 18.9 Å². The molecule has 0 aliphatic carbocycles. The van der Waals surface area contributed by atoms with Crippen LogP contribution < -0.4 is 5.32 Å². The molecule has 1 heterocycles. The van der Waals surface area contributed by atoms with E-state index >= 15 is 0 Å². The van der Waals surface area contributed by atoms with Gasteiger partial charge in [0.2, 0.25) is 0 Å². The zero-order chi connectivity index (χ0) is 9.80. The number of nitrogens with one attached hydrogen (secondary N) is 1. The third-order valence-electron chi connectivity index (χ3n) is 2.63. The van der Waals surface area contributed by atoms with Crippen LogP contribution in [0.1, 0.15) is 18.9 Å². The molecule has 76 valence electrons. The molecule has 2 nitrogen and oxygen atoms in total. The van der Waals surface area contributed by atoms with Crippen molar-refractivity contribution in [1.82, 2.24) is 5.32 Å². The average molecular weight is 191 g/mol. The third-order valence-corrected chi connectivity index (χ3v) is 2.63. The molecule has 1 aliphatic rings. The molecule has 1 saturated heterocycles. The molecule has 14 heavy (non-hydrogen) atoms. The van der Waals surface area contributed by atoms with Crippen LogP contribution in [-0.2, 0) is 11.2 Å². The number of benzene rings is 1. The van der Waals surface area contributed by atoms with E-state index in [1.54, 1.807) is 0 Å². The topological polar surface area (TPSA) is 21.3 Å². The van der Waals surface area contributed by atoms with Crippen molar-refractivity contribution in [3.8, 4) is 0 Å². The molecule has 2 atom stereocenters. The Labute approximate surface area is 85.3 Å². The lowest BCUT2D eigenvalue weighted by Crippen LogP contribution is -2.44. The monoisotopic (exact) mass is 191 g/mol. The number of rotatable bonds is 2. The van der Waals surface area contributed by atoms with E-state index < -0.39 is 0 Å². The van der Waals surface area contributed by atoms with Crippen LogP contribution in [0.4, 0.5) is 0 Å². The summed E-state index contributed by atoms with van der Waals surface area (Å²) in [7, 11) is 0. The van der Waals surface area contributed by atoms with Gasteiger partial charge in [-0.15, -0.1) is 0 Å². The van der Waals surface area contributed by atoms with E-state index in [1.165, 1.54) is 5.56 Å². The first-order chi connectivity index (χ1) is 6.84. The first kappa shape index (κ1) is 9.69. The van der Waals surface area contributed by atoms with E-state index in [4.69, 9.17) is 4.74 Å². The van der Waals surface area contributed by atoms with Gasteiger partial charge in [-0.25, -0.2) is 0 Å². The van der Waals surface area contributed by atoms with Gasteiger partial charge in [0.15, 0.2) is 0 Å². The second-order valence-electron chi connectivity index (χ2n) is 3.86. The molecule has 1 aromatic rings. The molecule has 1 N–H and O–H groups in total. The van der Waals surface area contributed by atoms with Crippen molar-refractivity contribution in [2.24, 2.45) is 0 Å². The van der Waals surface area contributed by atoms with Gasteiger partial charge in [-0.1, -0.05) is 30.3 Å². The Kier molecular flexibility index (Phi) is 3.17. The van der Waals surface area contributed by atoms with Gasteiger partial charge in [-0.05, 0) is 25.3 Å². The Morgan fingerprint density at radius 1 is 1.36 bits per heavy atom. The Hall–Kier alpha value is -0.860. The van der Waals surface area contributed by atoms with Gasteiger partial charge in [0.25, 0.3) is 0 Å². The minimum absolute atomic E-state index is 0.206. The minimum Gasteiger partial charge on any atom is -0.364 e. The predicted molar refractivity (Wildman–Crippen MR) is 57.1 cm³/mol. The number of ether oxygens (including phenoxy) is 1. The van der Waals surface area contributed by atoms with Crippen LogP contribution in [0.2, 0.25) is 0 Å². The van der Waals surface area contributed by atoms with Crippen LogP contribution in [0.25, 0.3) is 0 Å².